The predicted molar refractivity (Wildman–Crippen MR) is 80.5 cm³/mol. The highest BCUT2D eigenvalue weighted by atomic mass is 35.5. The number of hydrogen-bond acceptors (Lipinski definition) is 1. The van der Waals surface area contributed by atoms with Crippen molar-refractivity contribution in [2.24, 2.45) is 0 Å². The second kappa shape index (κ2) is 5.29. The molecule has 1 nitrogen and oxygen atoms in total. The number of benzene rings is 1. The van der Waals surface area contributed by atoms with Crippen molar-refractivity contribution in [1.82, 2.24) is 4.98 Å². The number of pyridine rings is 1. The Morgan fingerprint density at radius 1 is 1.33 bits per heavy atom. The molecule has 0 saturated carbocycles. The zero-order chi connectivity index (χ0) is 13.3. The second-order valence-corrected chi connectivity index (χ2v) is 5.58. The van der Waals surface area contributed by atoms with Gasteiger partial charge in [0.25, 0.3) is 0 Å². The van der Waals surface area contributed by atoms with Crippen LogP contribution in [0.2, 0.25) is 5.15 Å². The van der Waals surface area contributed by atoms with Gasteiger partial charge in [-0.25, -0.2) is 4.98 Å². The SMILES string of the molecule is C/C(=C\c1cc2ccc(C)cc2nc1Cl)C(C)Cl. The minimum Gasteiger partial charge on any atom is -0.235 e. The van der Waals surface area contributed by atoms with Gasteiger partial charge >= 0.3 is 0 Å². The van der Waals surface area contributed by atoms with E-state index in [1.807, 2.05) is 39.0 Å². The first-order chi connectivity index (χ1) is 8.47. The summed E-state index contributed by atoms with van der Waals surface area (Å²) in [6.07, 6.45) is 1.99. The molecule has 0 radical (unpaired) electrons. The molecule has 1 unspecified atom stereocenters. The molecule has 0 bridgehead atoms. The first-order valence-electron chi connectivity index (χ1n) is 5.86. The van der Waals surface area contributed by atoms with Crippen LogP contribution in [0.5, 0.6) is 0 Å². The van der Waals surface area contributed by atoms with Gasteiger partial charge in [-0.3, -0.25) is 0 Å². The van der Waals surface area contributed by atoms with Crippen LogP contribution in [0.3, 0.4) is 0 Å². The number of hydrogen-bond donors (Lipinski definition) is 0. The Morgan fingerprint density at radius 3 is 2.72 bits per heavy atom. The maximum absolute atomic E-state index is 6.21. The van der Waals surface area contributed by atoms with Crippen LogP contribution in [0.1, 0.15) is 25.0 Å². The van der Waals surface area contributed by atoms with E-state index in [-0.39, 0.29) is 5.38 Å². The van der Waals surface area contributed by atoms with Crippen LogP contribution in [0, 0.1) is 6.92 Å². The highest BCUT2D eigenvalue weighted by molar-refractivity contribution is 6.31. The summed E-state index contributed by atoms with van der Waals surface area (Å²) in [6.45, 7) is 5.98. The molecule has 1 atom stereocenters. The molecule has 3 heteroatoms. The monoisotopic (exact) mass is 279 g/mol. The van der Waals surface area contributed by atoms with E-state index >= 15 is 0 Å². The summed E-state index contributed by atoms with van der Waals surface area (Å²) in [6, 6.07) is 8.21. The predicted octanol–water partition coefficient (Wildman–Crippen LogP) is 5.23. The molecule has 94 valence electrons. The zero-order valence-corrected chi connectivity index (χ0v) is 12.2. The largest absolute Gasteiger partial charge is 0.235 e. The van der Waals surface area contributed by atoms with Gasteiger partial charge in [-0.1, -0.05) is 35.4 Å². The number of alkyl halides is 1. The summed E-state index contributed by atoms with van der Waals surface area (Å²) in [5.74, 6) is 0. The van der Waals surface area contributed by atoms with E-state index in [2.05, 4.69) is 17.1 Å². The molecule has 0 spiro atoms. The molecular weight excluding hydrogens is 265 g/mol. The van der Waals surface area contributed by atoms with Gasteiger partial charge in [0.1, 0.15) is 5.15 Å². The Bertz CT molecular complexity index is 615. The number of allylic oxidation sites excluding steroid dienone is 1. The standard InChI is InChI=1S/C15H15Cl2N/c1-9-4-5-12-8-13(7-10(2)11(3)16)15(17)18-14(12)6-9/h4-8,11H,1-3H3/b10-7+. The lowest BCUT2D eigenvalue weighted by atomic mass is 10.1. The number of aryl methyl sites for hydroxylation is 1. The lowest BCUT2D eigenvalue weighted by Crippen LogP contribution is -1.93. The van der Waals surface area contributed by atoms with E-state index in [0.717, 1.165) is 22.0 Å². The van der Waals surface area contributed by atoms with Gasteiger partial charge in [0, 0.05) is 10.9 Å². The molecule has 0 fully saturated rings. The maximum atomic E-state index is 6.21. The van der Waals surface area contributed by atoms with Crippen molar-refractivity contribution >= 4 is 40.2 Å². The summed E-state index contributed by atoms with van der Waals surface area (Å²) in [4.78, 5) is 4.43. The lowest BCUT2D eigenvalue weighted by molar-refractivity contribution is 1.12. The summed E-state index contributed by atoms with van der Waals surface area (Å²) in [5.41, 5.74) is 4.10. The number of aromatic nitrogens is 1. The van der Waals surface area contributed by atoms with E-state index in [9.17, 15) is 0 Å². The Labute approximate surface area is 117 Å². The van der Waals surface area contributed by atoms with Crippen molar-refractivity contribution in [3.05, 3.63) is 46.1 Å². The van der Waals surface area contributed by atoms with Crippen molar-refractivity contribution in [2.75, 3.05) is 0 Å². The van der Waals surface area contributed by atoms with Crippen molar-refractivity contribution < 1.29 is 0 Å². The molecule has 0 aliphatic rings. The molecule has 1 aromatic carbocycles. The van der Waals surface area contributed by atoms with E-state index < -0.39 is 0 Å². The lowest BCUT2D eigenvalue weighted by Gasteiger charge is -2.06. The minimum atomic E-state index is -0.00483. The smallest absolute Gasteiger partial charge is 0.136 e. The third-order valence-corrected chi connectivity index (χ3v) is 3.61. The van der Waals surface area contributed by atoms with Gasteiger partial charge in [0.15, 0.2) is 0 Å². The molecule has 0 aliphatic carbocycles. The molecule has 0 aliphatic heterocycles. The third-order valence-electron chi connectivity index (χ3n) is 2.96. The van der Waals surface area contributed by atoms with Crippen LogP contribution in [-0.4, -0.2) is 10.4 Å². The van der Waals surface area contributed by atoms with Gasteiger partial charge in [-0.2, -0.15) is 0 Å². The number of rotatable bonds is 2. The zero-order valence-electron chi connectivity index (χ0n) is 10.7. The fourth-order valence-electron chi connectivity index (χ4n) is 1.73. The molecule has 18 heavy (non-hydrogen) atoms. The molecule has 0 saturated heterocycles. The molecule has 2 aromatic rings. The Balaban J connectivity index is 2.56. The molecule has 1 heterocycles. The summed E-state index contributed by atoms with van der Waals surface area (Å²) in [7, 11) is 0. The first kappa shape index (κ1) is 13.4. The Hall–Kier alpha value is -1.05. The van der Waals surface area contributed by atoms with Crippen molar-refractivity contribution in [3.63, 3.8) is 0 Å². The van der Waals surface area contributed by atoms with Crippen LogP contribution < -0.4 is 0 Å². The normalized spacial score (nSPS) is 13.9. The third kappa shape index (κ3) is 2.85. The Morgan fingerprint density at radius 2 is 2.06 bits per heavy atom. The van der Waals surface area contributed by atoms with Crippen LogP contribution in [0.25, 0.3) is 17.0 Å². The van der Waals surface area contributed by atoms with Crippen LogP contribution in [0.15, 0.2) is 29.8 Å². The van der Waals surface area contributed by atoms with Gasteiger partial charge < -0.3 is 0 Å². The van der Waals surface area contributed by atoms with E-state index in [1.165, 1.54) is 5.56 Å². The Kier molecular flexibility index (Phi) is 3.94. The van der Waals surface area contributed by atoms with Crippen LogP contribution in [-0.2, 0) is 0 Å². The van der Waals surface area contributed by atoms with E-state index in [1.54, 1.807) is 0 Å². The highest BCUT2D eigenvalue weighted by Gasteiger charge is 2.05. The highest BCUT2D eigenvalue weighted by Crippen LogP contribution is 2.24. The van der Waals surface area contributed by atoms with Gasteiger partial charge in [-0.15, -0.1) is 11.6 Å². The van der Waals surface area contributed by atoms with Crippen molar-refractivity contribution in [2.45, 2.75) is 26.1 Å². The summed E-state index contributed by atoms with van der Waals surface area (Å²) >= 11 is 12.2. The number of halogens is 2. The van der Waals surface area contributed by atoms with E-state index in [0.29, 0.717) is 5.15 Å². The van der Waals surface area contributed by atoms with Crippen molar-refractivity contribution in [1.29, 1.82) is 0 Å². The molecule has 0 N–H and O–H groups in total. The fraction of sp³-hybridized carbons (Fsp3) is 0.267. The number of nitrogens with zero attached hydrogens (tertiary/aromatic N) is 1. The molecule has 0 amide bonds. The summed E-state index contributed by atoms with van der Waals surface area (Å²) < 4.78 is 0. The molecular formula is C15H15Cl2N. The minimum absolute atomic E-state index is 0.00483. The maximum Gasteiger partial charge on any atom is 0.136 e. The molecule has 2 rings (SSSR count). The average molecular weight is 280 g/mol. The first-order valence-corrected chi connectivity index (χ1v) is 6.68. The van der Waals surface area contributed by atoms with Gasteiger partial charge in [-0.05, 0) is 38.5 Å². The summed E-state index contributed by atoms with van der Waals surface area (Å²) in [5, 5.41) is 1.60. The quantitative estimate of drug-likeness (QED) is 0.542. The second-order valence-electron chi connectivity index (χ2n) is 4.57. The average Bonchev–Trinajstić information content (AvgIpc) is 2.30. The number of fused-ring (bicyclic) bond motifs is 1. The topological polar surface area (TPSA) is 12.9 Å². The van der Waals surface area contributed by atoms with Gasteiger partial charge in [0.2, 0.25) is 0 Å². The van der Waals surface area contributed by atoms with Crippen LogP contribution >= 0.6 is 23.2 Å². The van der Waals surface area contributed by atoms with Crippen molar-refractivity contribution in [3.8, 4) is 0 Å². The van der Waals surface area contributed by atoms with E-state index in [4.69, 9.17) is 23.2 Å². The van der Waals surface area contributed by atoms with Gasteiger partial charge in [0.05, 0.1) is 10.9 Å². The van der Waals surface area contributed by atoms with Crippen LogP contribution in [0.4, 0.5) is 0 Å². The fourth-order valence-corrected chi connectivity index (χ4v) is 1.99. The molecule has 1 aromatic heterocycles.